The first-order valence-corrected chi connectivity index (χ1v) is 8.38. The fourth-order valence-corrected chi connectivity index (χ4v) is 2.96. The number of nitrogens with zero attached hydrogens (tertiary/aromatic N) is 3. The largest absolute Gasteiger partial charge is 0.420 e. The molecule has 0 atom stereocenters. The van der Waals surface area contributed by atoms with Crippen LogP contribution in [-0.4, -0.2) is 41.8 Å². The molecule has 0 aliphatic carbocycles. The van der Waals surface area contributed by atoms with Gasteiger partial charge in [-0.2, -0.15) is 0 Å². The van der Waals surface area contributed by atoms with Crippen molar-refractivity contribution in [2.24, 2.45) is 0 Å². The third-order valence-electron chi connectivity index (χ3n) is 4.27. The van der Waals surface area contributed by atoms with Crippen LogP contribution in [0.4, 0.5) is 11.5 Å². The molecule has 0 saturated carbocycles. The molecular formula is C18H18N4O4. The predicted molar refractivity (Wildman–Crippen MR) is 96.4 cm³/mol. The van der Waals surface area contributed by atoms with Crippen molar-refractivity contribution in [1.82, 2.24) is 9.55 Å². The van der Waals surface area contributed by atoms with Gasteiger partial charge in [-0.05, 0) is 24.3 Å². The Kier molecular flexibility index (Phi) is 4.40. The van der Waals surface area contributed by atoms with Gasteiger partial charge in [0.25, 0.3) is 0 Å². The summed E-state index contributed by atoms with van der Waals surface area (Å²) in [4.78, 5) is 30.7. The molecule has 3 aromatic rings. The minimum atomic E-state index is -0.558. The van der Waals surface area contributed by atoms with Crippen LogP contribution >= 0.6 is 0 Å². The summed E-state index contributed by atoms with van der Waals surface area (Å²) in [6, 6.07) is 10.7. The van der Waals surface area contributed by atoms with E-state index in [2.05, 4.69) is 15.2 Å². The molecule has 26 heavy (non-hydrogen) atoms. The van der Waals surface area contributed by atoms with E-state index in [0.29, 0.717) is 30.1 Å². The number of para-hydroxylation sites is 2. The van der Waals surface area contributed by atoms with E-state index in [9.17, 15) is 9.59 Å². The maximum atomic E-state index is 12.3. The van der Waals surface area contributed by atoms with E-state index in [0.717, 1.165) is 18.8 Å². The first-order valence-electron chi connectivity index (χ1n) is 8.38. The van der Waals surface area contributed by atoms with Gasteiger partial charge in [-0.1, -0.05) is 12.1 Å². The fourth-order valence-electron chi connectivity index (χ4n) is 2.96. The Morgan fingerprint density at radius 3 is 2.73 bits per heavy atom. The number of hydrogen-bond acceptors (Lipinski definition) is 6. The fraction of sp³-hybridized carbons (Fsp3) is 0.278. The standard InChI is InChI=1S/C18H18N4O4/c23-17(12-22-14-3-1-2-4-15(14)26-18(22)24)20-16-6-5-13(11-19-16)21-7-9-25-10-8-21/h1-6,11H,7-10,12H2,(H,19,20,23). The van der Waals surface area contributed by atoms with Crippen LogP contribution in [0.25, 0.3) is 11.1 Å². The quantitative estimate of drug-likeness (QED) is 0.763. The third-order valence-corrected chi connectivity index (χ3v) is 4.27. The van der Waals surface area contributed by atoms with Gasteiger partial charge in [-0.3, -0.25) is 9.36 Å². The van der Waals surface area contributed by atoms with E-state index < -0.39 is 5.76 Å². The van der Waals surface area contributed by atoms with Crippen molar-refractivity contribution < 1.29 is 13.9 Å². The maximum absolute atomic E-state index is 12.3. The Bertz CT molecular complexity index is 971. The number of morpholine rings is 1. The van der Waals surface area contributed by atoms with Crippen LogP contribution in [0.2, 0.25) is 0 Å². The molecule has 3 heterocycles. The molecule has 1 aromatic carbocycles. The molecular weight excluding hydrogens is 336 g/mol. The normalized spacial score (nSPS) is 14.5. The Hall–Kier alpha value is -3.13. The second-order valence-electron chi connectivity index (χ2n) is 5.97. The molecule has 1 N–H and O–H groups in total. The summed E-state index contributed by atoms with van der Waals surface area (Å²) in [6.07, 6.45) is 1.72. The van der Waals surface area contributed by atoms with Gasteiger partial charge in [-0.15, -0.1) is 0 Å². The molecule has 4 rings (SSSR count). The van der Waals surface area contributed by atoms with Gasteiger partial charge in [0.05, 0.1) is 30.6 Å². The zero-order chi connectivity index (χ0) is 17.9. The molecule has 2 aromatic heterocycles. The van der Waals surface area contributed by atoms with Gasteiger partial charge in [0.15, 0.2) is 5.58 Å². The van der Waals surface area contributed by atoms with Crippen molar-refractivity contribution in [2.75, 3.05) is 36.5 Å². The summed E-state index contributed by atoms with van der Waals surface area (Å²) in [6.45, 7) is 2.91. The maximum Gasteiger partial charge on any atom is 0.420 e. The van der Waals surface area contributed by atoms with Crippen molar-refractivity contribution in [1.29, 1.82) is 0 Å². The number of nitrogens with one attached hydrogen (secondary N) is 1. The van der Waals surface area contributed by atoms with Crippen LogP contribution in [0.1, 0.15) is 0 Å². The number of hydrogen-bond donors (Lipinski definition) is 1. The average molecular weight is 354 g/mol. The topological polar surface area (TPSA) is 89.6 Å². The number of rotatable bonds is 4. The number of carbonyl (C=O) groups is 1. The van der Waals surface area contributed by atoms with E-state index >= 15 is 0 Å². The number of oxazole rings is 1. The number of aromatic nitrogens is 2. The molecule has 1 aliphatic heterocycles. The van der Waals surface area contributed by atoms with Gasteiger partial charge in [0.1, 0.15) is 12.4 Å². The van der Waals surface area contributed by atoms with Gasteiger partial charge >= 0.3 is 5.76 Å². The molecule has 0 radical (unpaired) electrons. The lowest BCUT2D eigenvalue weighted by molar-refractivity contribution is -0.116. The summed E-state index contributed by atoms with van der Waals surface area (Å²) in [5, 5.41) is 2.71. The zero-order valence-corrected chi connectivity index (χ0v) is 14.1. The Balaban J connectivity index is 1.44. The molecule has 0 spiro atoms. The summed E-state index contributed by atoms with van der Waals surface area (Å²) < 4.78 is 11.8. The number of amides is 1. The first-order chi connectivity index (χ1) is 12.7. The molecule has 1 saturated heterocycles. The summed E-state index contributed by atoms with van der Waals surface area (Å²) in [5.41, 5.74) is 2.03. The van der Waals surface area contributed by atoms with E-state index in [1.165, 1.54) is 4.57 Å². The van der Waals surface area contributed by atoms with Gasteiger partial charge in [-0.25, -0.2) is 9.78 Å². The van der Waals surface area contributed by atoms with E-state index in [-0.39, 0.29) is 12.5 Å². The zero-order valence-electron chi connectivity index (χ0n) is 14.1. The summed E-state index contributed by atoms with van der Waals surface area (Å²) in [5.74, 6) is -0.463. The van der Waals surface area contributed by atoms with Gasteiger partial charge in [0.2, 0.25) is 5.91 Å². The summed E-state index contributed by atoms with van der Waals surface area (Å²) in [7, 11) is 0. The Morgan fingerprint density at radius 2 is 1.96 bits per heavy atom. The van der Waals surface area contributed by atoms with Crippen molar-refractivity contribution in [2.45, 2.75) is 6.54 Å². The van der Waals surface area contributed by atoms with Crippen LogP contribution in [0.3, 0.4) is 0 Å². The minimum absolute atomic E-state index is 0.136. The lowest BCUT2D eigenvalue weighted by Crippen LogP contribution is -2.36. The van der Waals surface area contributed by atoms with Crippen LogP contribution in [0, 0.1) is 0 Å². The van der Waals surface area contributed by atoms with Crippen LogP contribution in [0.5, 0.6) is 0 Å². The highest BCUT2D eigenvalue weighted by Crippen LogP contribution is 2.17. The third kappa shape index (κ3) is 3.31. The molecule has 1 fully saturated rings. The van der Waals surface area contributed by atoms with Crippen LogP contribution < -0.4 is 16.0 Å². The molecule has 1 amide bonds. The van der Waals surface area contributed by atoms with Gasteiger partial charge in [0, 0.05) is 13.1 Å². The lowest BCUT2D eigenvalue weighted by Gasteiger charge is -2.28. The predicted octanol–water partition coefficient (Wildman–Crippen LogP) is 1.46. The molecule has 8 nitrogen and oxygen atoms in total. The highest BCUT2D eigenvalue weighted by Gasteiger charge is 2.14. The Morgan fingerprint density at radius 1 is 1.15 bits per heavy atom. The number of anilines is 2. The second-order valence-corrected chi connectivity index (χ2v) is 5.97. The van der Waals surface area contributed by atoms with Crippen LogP contribution in [-0.2, 0) is 16.1 Å². The molecule has 1 aliphatic rings. The number of carbonyl (C=O) groups excluding carboxylic acids is 1. The van der Waals surface area contributed by atoms with Crippen molar-refractivity contribution in [3.63, 3.8) is 0 Å². The van der Waals surface area contributed by atoms with Crippen molar-refractivity contribution in [3.05, 3.63) is 53.1 Å². The number of benzene rings is 1. The Labute approximate surface area is 149 Å². The number of fused-ring (bicyclic) bond motifs is 1. The van der Waals surface area contributed by atoms with E-state index in [1.54, 1.807) is 36.5 Å². The lowest BCUT2D eigenvalue weighted by atomic mass is 10.3. The average Bonchev–Trinajstić information content (AvgIpc) is 2.98. The second kappa shape index (κ2) is 7.01. The van der Waals surface area contributed by atoms with Gasteiger partial charge < -0.3 is 19.4 Å². The van der Waals surface area contributed by atoms with Crippen LogP contribution in [0.15, 0.2) is 51.8 Å². The number of ether oxygens (including phenoxy) is 1. The SMILES string of the molecule is O=C(Cn1c(=O)oc2ccccc21)Nc1ccc(N2CCOCC2)cn1. The summed E-state index contributed by atoms with van der Waals surface area (Å²) >= 11 is 0. The highest BCUT2D eigenvalue weighted by molar-refractivity contribution is 5.90. The van der Waals surface area contributed by atoms with E-state index in [4.69, 9.17) is 9.15 Å². The molecule has 0 unspecified atom stereocenters. The van der Waals surface area contributed by atoms with Crippen molar-refractivity contribution in [3.8, 4) is 0 Å². The van der Waals surface area contributed by atoms with E-state index in [1.807, 2.05) is 6.07 Å². The highest BCUT2D eigenvalue weighted by atomic mass is 16.5. The monoisotopic (exact) mass is 354 g/mol. The molecule has 8 heteroatoms. The smallest absolute Gasteiger partial charge is 0.408 e. The van der Waals surface area contributed by atoms with Crippen molar-refractivity contribution >= 4 is 28.5 Å². The number of pyridine rings is 1. The molecule has 134 valence electrons. The minimum Gasteiger partial charge on any atom is -0.408 e. The molecule has 0 bridgehead atoms. The first kappa shape index (κ1) is 16.3.